The van der Waals surface area contributed by atoms with Crippen molar-refractivity contribution in [1.29, 1.82) is 0 Å². The second kappa shape index (κ2) is 6.95. The van der Waals surface area contributed by atoms with E-state index < -0.39 is 5.97 Å². The molecule has 1 unspecified atom stereocenters. The first-order chi connectivity index (χ1) is 9.04. The van der Waals surface area contributed by atoms with E-state index in [0.717, 1.165) is 0 Å². The summed E-state index contributed by atoms with van der Waals surface area (Å²) in [6.07, 6.45) is 2.37. The fourth-order valence-electron chi connectivity index (χ4n) is 1.48. The third kappa shape index (κ3) is 4.41. The summed E-state index contributed by atoms with van der Waals surface area (Å²) in [4.78, 5) is 11.4. The molecule has 1 rings (SSSR count). The van der Waals surface area contributed by atoms with Crippen LogP contribution in [-0.4, -0.2) is 31.4 Å². The molecule has 1 aromatic rings. The molecule has 4 heteroatoms. The summed E-state index contributed by atoms with van der Waals surface area (Å²) in [5, 5.41) is 9.24. The van der Waals surface area contributed by atoms with Crippen molar-refractivity contribution in [3.05, 3.63) is 42.5 Å². The number of ether oxygens (including phenoxy) is 2. The van der Waals surface area contributed by atoms with Gasteiger partial charge in [0.25, 0.3) is 0 Å². The van der Waals surface area contributed by atoms with E-state index in [1.165, 1.54) is 7.11 Å². The summed E-state index contributed by atoms with van der Waals surface area (Å²) in [6, 6.07) is 6.81. The summed E-state index contributed by atoms with van der Waals surface area (Å²) in [5.41, 5.74) is 0.105. The van der Waals surface area contributed by atoms with Gasteiger partial charge in [-0.25, -0.2) is 4.79 Å². The Hall–Kier alpha value is -1.81. The molecular weight excluding hydrogens is 244 g/mol. The predicted octanol–water partition coefficient (Wildman–Crippen LogP) is 2.43. The van der Waals surface area contributed by atoms with E-state index in [4.69, 9.17) is 4.74 Å². The van der Waals surface area contributed by atoms with Gasteiger partial charge < -0.3 is 14.6 Å². The Bertz CT molecular complexity index is 442. The van der Waals surface area contributed by atoms with Crippen LogP contribution in [0.1, 0.15) is 23.7 Å². The fraction of sp³-hybridized carbons (Fsp3) is 0.400. The monoisotopic (exact) mass is 264 g/mol. The molecule has 0 aliphatic rings. The van der Waals surface area contributed by atoms with Crippen molar-refractivity contribution in [1.82, 2.24) is 0 Å². The molecule has 0 fully saturated rings. The van der Waals surface area contributed by atoms with Crippen LogP contribution < -0.4 is 4.74 Å². The zero-order valence-corrected chi connectivity index (χ0v) is 11.4. The van der Waals surface area contributed by atoms with Gasteiger partial charge in [-0.05, 0) is 24.6 Å². The average Bonchev–Trinajstić information content (AvgIpc) is 2.46. The predicted molar refractivity (Wildman–Crippen MR) is 73.3 cm³/mol. The van der Waals surface area contributed by atoms with Crippen molar-refractivity contribution in [3.8, 4) is 5.75 Å². The molecule has 0 aromatic heterocycles. The second-order valence-electron chi connectivity index (χ2n) is 4.63. The SMILES string of the molecule is C=CC(C)(CO)CCOc1cccc(C(=O)OC)c1. The third-order valence-electron chi connectivity index (χ3n) is 3.05. The molecule has 0 aliphatic heterocycles. The molecule has 0 heterocycles. The molecule has 0 aliphatic carbocycles. The quantitative estimate of drug-likeness (QED) is 0.607. The van der Waals surface area contributed by atoms with E-state index in [-0.39, 0.29) is 12.0 Å². The van der Waals surface area contributed by atoms with Crippen molar-refractivity contribution in [2.75, 3.05) is 20.3 Å². The number of hydrogen-bond acceptors (Lipinski definition) is 4. The Labute approximate surface area is 113 Å². The number of carbonyl (C=O) groups is 1. The first-order valence-electron chi connectivity index (χ1n) is 6.10. The lowest BCUT2D eigenvalue weighted by Crippen LogP contribution is -2.21. The third-order valence-corrected chi connectivity index (χ3v) is 3.05. The maximum absolute atomic E-state index is 11.4. The van der Waals surface area contributed by atoms with Gasteiger partial charge in [-0.15, -0.1) is 6.58 Å². The van der Waals surface area contributed by atoms with Crippen LogP contribution in [-0.2, 0) is 4.74 Å². The zero-order valence-electron chi connectivity index (χ0n) is 11.4. The molecule has 0 bridgehead atoms. The number of aliphatic hydroxyl groups excluding tert-OH is 1. The minimum Gasteiger partial charge on any atom is -0.494 e. The van der Waals surface area contributed by atoms with E-state index in [1.807, 2.05) is 6.92 Å². The van der Waals surface area contributed by atoms with Crippen LogP contribution in [0.4, 0.5) is 0 Å². The highest BCUT2D eigenvalue weighted by atomic mass is 16.5. The first kappa shape index (κ1) is 15.2. The summed E-state index contributed by atoms with van der Waals surface area (Å²) >= 11 is 0. The van der Waals surface area contributed by atoms with Gasteiger partial charge in [0, 0.05) is 5.41 Å². The highest BCUT2D eigenvalue weighted by molar-refractivity contribution is 5.89. The highest BCUT2D eigenvalue weighted by Gasteiger charge is 2.18. The van der Waals surface area contributed by atoms with Crippen molar-refractivity contribution in [3.63, 3.8) is 0 Å². The van der Waals surface area contributed by atoms with Gasteiger partial charge >= 0.3 is 5.97 Å². The number of benzene rings is 1. The number of hydrogen-bond donors (Lipinski definition) is 1. The highest BCUT2D eigenvalue weighted by Crippen LogP contribution is 2.22. The van der Waals surface area contributed by atoms with E-state index in [1.54, 1.807) is 30.3 Å². The largest absolute Gasteiger partial charge is 0.494 e. The molecule has 104 valence electrons. The van der Waals surface area contributed by atoms with Gasteiger partial charge in [0.2, 0.25) is 0 Å². The number of methoxy groups -OCH3 is 1. The second-order valence-corrected chi connectivity index (χ2v) is 4.63. The Balaban J connectivity index is 2.59. The van der Waals surface area contributed by atoms with E-state index >= 15 is 0 Å². The van der Waals surface area contributed by atoms with Gasteiger partial charge in [0.15, 0.2) is 0 Å². The smallest absolute Gasteiger partial charge is 0.337 e. The molecular formula is C15H20O4. The maximum Gasteiger partial charge on any atom is 0.337 e. The van der Waals surface area contributed by atoms with Gasteiger partial charge in [0.1, 0.15) is 5.75 Å². The molecule has 0 saturated heterocycles. The first-order valence-corrected chi connectivity index (χ1v) is 6.10. The van der Waals surface area contributed by atoms with Gasteiger partial charge in [-0.1, -0.05) is 19.1 Å². The van der Waals surface area contributed by atoms with Gasteiger partial charge in [-0.3, -0.25) is 0 Å². The number of rotatable bonds is 7. The Kier molecular flexibility index (Phi) is 5.57. The van der Waals surface area contributed by atoms with Crippen LogP contribution in [0.15, 0.2) is 36.9 Å². The summed E-state index contributed by atoms with van der Waals surface area (Å²) in [5.74, 6) is 0.212. The summed E-state index contributed by atoms with van der Waals surface area (Å²) in [6.45, 7) is 6.08. The molecule has 0 amide bonds. The van der Waals surface area contributed by atoms with E-state index in [0.29, 0.717) is 24.3 Å². The minimum atomic E-state index is -0.392. The van der Waals surface area contributed by atoms with Gasteiger partial charge in [-0.2, -0.15) is 0 Å². The van der Waals surface area contributed by atoms with Crippen molar-refractivity contribution < 1.29 is 19.4 Å². The molecule has 0 radical (unpaired) electrons. The van der Waals surface area contributed by atoms with Crippen LogP contribution in [0.25, 0.3) is 0 Å². The molecule has 1 atom stereocenters. The Morgan fingerprint density at radius 3 is 2.84 bits per heavy atom. The van der Waals surface area contributed by atoms with E-state index in [2.05, 4.69) is 11.3 Å². The maximum atomic E-state index is 11.4. The lowest BCUT2D eigenvalue weighted by atomic mass is 9.88. The minimum absolute atomic E-state index is 0.0298. The van der Waals surface area contributed by atoms with Crippen molar-refractivity contribution in [2.45, 2.75) is 13.3 Å². The molecule has 1 N–H and O–H groups in total. The summed E-state index contributed by atoms with van der Waals surface area (Å²) < 4.78 is 10.2. The summed E-state index contributed by atoms with van der Waals surface area (Å²) in [7, 11) is 1.34. The topological polar surface area (TPSA) is 55.8 Å². The standard InChI is InChI=1S/C15H20O4/c1-4-15(2,11-16)8-9-19-13-7-5-6-12(10-13)14(17)18-3/h4-7,10,16H,1,8-9,11H2,2-3H3. The van der Waals surface area contributed by atoms with Gasteiger partial charge in [0.05, 0.1) is 25.9 Å². The van der Waals surface area contributed by atoms with E-state index in [9.17, 15) is 9.90 Å². The lowest BCUT2D eigenvalue weighted by molar-refractivity contribution is 0.0600. The van der Waals surface area contributed by atoms with Crippen molar-refractivity contribution >= 4 is 5.97 Å². The number of esters is 1. The zero-order chi connectivity index (χ0) is 14.3. The van der Waals surface area contributed by atoms with Crippen LogP contribution in [0, 0.1) is 5.41 Å². The van der Waals surface area contributed by atoms with Crippen LogP contribution in [0.5, 0.6) is 5.75 Å². The van der Waals surface area contributed by atoms with Crippen LogP contribution in [0.2, 0.25) is 0 Å². The molecule has 1 aromatic carbocycles. The Morgan fingerprint density at radius 2 is 2.26 bits per heavy atom. The van der Waals surface area contributed by atoms with Crippen LogP contribution in [0.3, 0.4) is 0 Å². The van der Waals surface area contributed by atoms with Crippen molar-refractivity contribution in [2.24, 2.45) is 5.41 Å². The lowest BCUT2D eigenvalue weighted by Gasteiger charge is -2.22. The molecule has 0 spiro atoms. The normalized spacial score (nSPS) is 13.4. The average molecular weight is 264 g/mol. The molecule has 19 heavy (non-hydrogen) atoms. The molecule has 0 saturated carbocycles. The number of aliphatic hydroxyl groups is 1. The molecule has 4 nitrogen and oxygen atoms in total. The Morgan fingerprint density at radius 1 is 1.53 bits per heavy atom. The number of carbonyl (C=O) groups excluding carboxylic acids is 1. The van der Waals surface area contributed by atoms with Crippen LogP contribution >= 0.6 is 0 Å². The fourth-order valence-corrected chi connectivity index (χ4v) is 1.48.